The van der Waals surface area contributed by atoms with Crippen LogP contribution in [0.1, 0.15) is 44.9 Å². The minimum atomic E-state index is -0.0655. The normalized spacial score (nSPS) is 11.9. The van der Waals surface area contributed by atoms with Crippen LogP contribution in [-0.2, 0) is 11.3 Å². The van der Waals surface area contributed by atoms with Crippen molar-refractivity contribution in [3.05, 3.63) is 53.6 Å². The number of amides is 1. The maximum absolute atomic E-state index is 11.1. The Morgan fingerprint density at radius 3 is 2.33 bits per heavy atom. The highest BCUT2D eigenvalue weighted by atomic mass is 16.5. The number of hydrogen-bond acceptors (Lipinski definition) is 4. The van der Waals surface area contributed by atoms with Crippen molar-refractivity contribution in [1.82, 2.24) is 5.32 Å². The van der Waals surface area contributed by atoms with Crippen LogP contribution >= 0.6 is 0 Å². The lowest BCUT2D eigenvalue weighted by atomic mass is 10.1. The first-order chi connectivity index (χ1) is 12.9. The molecule has 0 aliphatic heterocycles. The van der Waals surface area contributed by atoms with Gasteiger partial charge in [0.1, 0.15) is 0 Å². The van der Waals surface area contributed by atoms with Crippen LogP contribution in [0.25, 0.3) is 0 Å². The maximum atomic E-state index is 11.1. The molecule has 2 rings (SSSR count). The third-order valence-electron chi connectivity index (χ3n) is 4.15. The molecule has 0 saturated carbocycles. The number of benzene rings is 2. The standard InChI is InChI=1S/C22H30N2O3/c1-15(2)14-27-21-11-8-19(12-22(21)26-5)16(3)23-13-18-6-9-20(10-7-18)24-17(4)25/h6-12,15-16,23H,13-14H2,1-5H3,(H,24,25). The van der Waals surface area contributed by atoms with Crippen molar-refractivity contribution in [3.63, 3.8) is 0 Å². The molecule has 0 bridgehead atoms. The lowest BCUT2D eigenvalue weighted by Gasteiger charge is -2.18. The highest BCUT2D eigenvalue weighted by molar-refractivity contribution is 5.88. The van der Waals surface area contributed by atoms with E-state index < -0.39 is 0 Å². The summed E-state index contributed by atoms with van der Waals surface area (Å²) in [6, 6.07) is 14.1. The van der Waals surface area contributed by atoms with Gasteiger partial charge in [0, 0.05) is 25.2 Å². The maximum Gasteiger partial charge on any atom is 0.221 e. The van der Waals surface area contributed by atoms with E-state index in [9.17, 15) is 4.79 Å². The molecule has 5 nitrogen and oxygen atoms in total. The fourth-order valence-corrected chi connectivity index (χ4v) is 2.63. The second-order valence-electron chi connectivity index (χ2n) is 7.10. The second-order valence-corrected chi connectivity index (χ2v) is 7.10. The number of carbonyl (C=O) groups excluding carboxylic acids is 1. The molecule has 0 aliphatic rings. The first-order valence-corrected chi connectivity index (χ1v) is 9.29. The van der Waals surface area contributed by atoms with Crippen LogP contribution < -0.4 is 20.1 Å². The van der Waals surface area contributed by atoms with Gasteiger partial charge in [0.05, 0.1) is 13.7 Å². The molecule has 5 heteroatoms. The van der Waals surface area contributed by atoms with Crippen LogP contribution in [0, 0.1) is 5.92 Å². The zero-order chi connectivity index (χ0) is 19.8. The second kappa shape index (κ2) is 9.97. The van der Waals surface area contributed by atoms with E-state index in [-0.39, 0.29) is 11.9 Å². The highest BCUT2D eigenvalue weighted by Gasteiger charge is 2.11. The SMILES string of the molecule is COc1cc(C(C)NCc2ccc(NC(C)=O)cc2)ccc1OCC(C)C. The van der Waals surface area contributed by atoms with Gasteiger partial charge in [-0.1, -0.05) is 32.0 Å². The van der Waals surface area contributed by atoms with Gasteiger partial charge in [-0.3, -0.25) is 4.79 Å². The molecule has 0 fully saturated rings. The summed E-state index contributed by atoms with van der Waals surface area (Å²) in [6.07, 6.45) is 0. The van der Waals surface area contributed by atoms with Crippen LogP contribution in [-0.4, -0.2) is 19.6 Å². The molecule has 1 atom stereocenters. The summed E-state index contributed by atoms with van der Waals surface area (Å²) in [5.41, 5.74) is 3.10. The molecule has 146 valence electrons. The van der Waals surface area contributed by atoms with E-state index in [0.29, 0.717) is 12.5 Å². The Hall–Kier alpha value is -2.53. The third-order valence-corrected chi connectivity index (χ3v) is 4.15. The smallest absolute Gasteiger partial charge is 0.221 e. The van der Waals surface area contributed by atoms with Gasteiger partial charge in [0.2, 0.25) is 5.91 Å². The quantitative estimate of drug-likeness (QED) is 0.680. The summed E-state index contributed by atoms with van der Waals surface area (Å²) in [7, 11) is 1.66. The Kier molecular flexibility index (Phi) is 7.67. The Morgan fingerprint density at radius 2 is 1.74 bits per heavy atom. The number of methoxy groups -OCH3 is 1. The van der Waals surface area contributed by atoms with Crippen LogP contribution in [0.2, 0.25) is 0 Å². The summed E-state index contributed by atoms with van der Waals surface area (Å²) in [5.74, 6) is 1.92. The fourth-order valence-electron chi connectivity index (χ4n) is 2.63. The molecule has 27 heavy (non-hydrogen) atoms. The zero-order valence-corrected chi connectivity index (χ0v) is 16.8. The molecule has 1 unspecified atom stereocenters. The Morgan fingerprint density at radius 1 is 1.04 bits per heavy atom. The highest BCUT2D eigenvalue weighted by Crippen LogP contribution is 2.30. The van der Waals surface area contributed by atoms with Gasteiger partial charge >= 0.3 is 0 Å². The topological polar surface area (TPSA) is 59.6 Å². The van der Waals surface area contributed by atoms with Crippen LogP contribution in [0.3, 0.4) is 0 Å². The van der Waals surface area contributed by atoms with E-state index in [1.165, 1.54) is 6.92 Å². The summed E-state index contributed by atoms with van der Waals surface area (Å²) in [4.78, 5) is 11.1. The monoisotopic (exact) mass is 370 g/mol. The Labute approximate surface area is 162 Å². The van der Waals surface area contributed by atoms with Gasteiger partial charge in [0.25, 0.3) is 0 Å². The lowest BCUT2D eigenvalue weighted by Crippen LogP contribution is -2.18. The van der Waals surface area contributed by atoms with E-state index in [4.69, 9.17) is 9.47 Å². The van der Waals surface area contributed by atoms with Crippen molar-refractivity contribution < 1.29 is 14.3 Å². The minimum Gasteiger partial charge on any atom is -0.493 e. The molecule has 0 aromatic heterocycles. The van der Waals surface area contributed by atoms with Gasteiger partial charge in [-0.25, -0.2) is 0 Å². The number of hydrogen-bond donors (Lipinski definition) is 2. The first kappa shape index (κ1) is 20.8. The van der Waals surface area contributed by atoms with Gasteiger partial charge in [-0.05, 0) is 48.2 Å². The minimum absolute atomic E-state index is 0.0655. The molecule has 0 radical (unpaired) electrons. The molecule has 0 spiro atoms. The molecular formula is C22H30N2O3. The number of anilines is 1. The van der Waals surface area contributed by atoms with Crippen LogP contribution in [0.15, 0.2) is 42.5 Å². The van der Waals surface area contributed by atoms with Crippen LogP contribution in [0.4, 0.5) is 5.69 Å². The zero-order valence-electron chi connectivity index (χ0n) is 16.8. The van der Waals surface area contributed by atoms with Crippen molar-refractivity contribution in [2.75, 3.05) is 19.0 Å². The van der Waals surface area contributed by atoms with E-state index in [1.807, 2.05) is 36.4 Å². The van der Waals surface area contributed by atoms with Crippen molar-refractivity contribution >= 4 is 11.6 Å². The van der Waals surface area contributed by atoms with E-state index in [0.717, 1.165) is 34.9 Å². The average Bonchev–Trinajstić information content (AvgIpc) is 2.64. The van der Waals surface area contributed by atoms with Gasteiger partial charge in [0.15, 0.2) is 11.5 Å². The molecule has 1 amide bonds. The molecule has 0 saturated heterocycles. The predicted octanol–water partition coefficient (Wildman–Crippen LogP) is 4.54. The van der Waals surface area contributed by atoms with E-state index >= 15 is 0 Å². The van der Waals surface area contributed by atoms with Gasteiger partial charge in [-0.15, -0.1) is 0 Å². The number of nitrogens with one attached hydrogen (secondary N) is 2. The third kappa shape index (κ3) is 6.61. The van der Waals surface area contributed by atoms with Crippen molar-refractivity contribution in [3.8, 4) is 11.5 Å². The van der Waals surface area contributed by atoms with Crippen molar-refractivity contribution in [2.45, 2.75) is 40.3 Å². The molecule has 2 N–H and O–H groups in total. The fraction of sp³-hybridized carbons (Fsp3) is 0.409. The Bertz CT molecular complexity index is 742. The summed E-state index contributed by atoms with van der Waals surface area (Å²) in [5, 5.41) is 6.29. The lowest BCUT2D eigenvalue weighted by molar-refractivity contribution is -0.114. The van der Waals surface area contributed by atoms with Crippen LogP contribution in [0.5, 0.6) is 11.5 Å². The molecule has 2 aromatic carbocycles. The van der Waals surface area contributed by atoms with Gasteiger partial charge in [-0.2, -0.15) is 0 Å². The van der Waals surface area contributed by atoms with E-state index in [1.54, 1.807) is 7.11 Å². The predicted molar refractivity (Wildman–Crippen MR) is 109 cm³/mol. The van der Waals surface area contributed by atoms with Gasteiger partial charge < -0.3 is 20.1 Å². The Balaban J connectivity index is 1.96. The van der Waals surface area contributed by atoms with E-state index in [2.05, 4.69) is 37.5 Å². The average molecular weight is 370 g/mol. The summed E-state index contributed by atoms with van der Waals surface area (Å²) >= 11 is 0. The number of rotatable bonds is 9. The number of ether oxygens (including phenoxy) is 2. The molecule has 0 aliphatic carbocycles. The van der Waals surface area contributed by atoms with Crippen molar-refractivity contribution in [1.29, 1.82) is 0 Å². The van der Waals surface area contributed by atoms with Crippen molar-refractivity contribution in [2.24, 2.45) is 5.92 Å². The number of carbonyl (C=O) groups is 1. The molecule has 0 heterocycles. The summed E-state index contributed by atoms with van der Waals surface area (Å²) in [6.45, 7) is 9.26. The largest absolute Gasteiger partial charge is 0.493 e. The molecular weight excluding hydrogens is 340 g/mol. The first-order valence-electron chi connectivity index (χ1n) is 9.29. The molecule has 2 aromatic rings. The summed E-state index contributed by atoms with van der Waals surface area (Å²) < 4.78 is 11.3.